The maximum atomic E-state index is 13.6. The average molecular weight is 689 g/mol. The SMILES string of the molecule is Cc1csc(C[C@H](C)C(=O)N[C@@H](CNC(=O)O)C(=O)N[C@@H](Cc2ccccc2)[C@H](O)C[C@@H](C)C(=O)N[C@H](C(=O)NCC(C)C)C(C)C)n1. The number of aliphatic hydroxyl groups is 1. The molecule has 0 bridgehead atoms. The van der Waals surface area contributed by atoms with E-state index < -0.39 is 66.4 Å². The van der Waals surface area contributed by atoms with Crippen molar-refractivity contribution < 1.29 is 34.2 Å². The molecule has 7 N–H and O–H groups in total. The largest absolute Gasteiger partial charge is 0.465 e. The highest BCUT2D eigenvalue weighted by Crippen LogP contribution is 2.17. The van der Waals surface area contributed by atoms with Gasteiger partial charge in [-0.15, -0.1) is 11.3 Å². The molecule has 6 atom stereocenters. The van der Waals surface area contributed by atoms with Crippen molar-refractivity contribution in [3.8, 4) is 0 Å². The van der Waals surface area contributed by atoms with Crippen LogP contribution in [-0.4, -0.2) is 82.2 Å². The molecule has 2 rings (SSSR count). The monoisotopic (exact) mass is 688 g/mol. The van der Waals surface area contributed by atoms with E-state index in [9.17, 15) is 34.2 Å². The first-order valence-corrected chi connectivity index (χ1v) is 17.2. The summed E-state index contributed by atoms with van der Waals surface area (Å²) < 4.78 is 0. The lowest BCUT2D eigenvalue weighted by molar-refractivity contribution is -0.133. The molecule has 266 valence electrons. The number of nitrogens with zero attached hydrogens (tertiary/aromatic N) is 1. The quantitative estimate of drug-likeness (QED) is 0.117. The van der Waals surface area contributed by atoms with Crippen molar-refractivity contribution in [3.05, 3.63) is 52.0 Å². The summed E-state index contributed by atoms with van der Waals surface area (Å²) in [6.45, 7) is 12.9. The van der Waals surface area contributed by atoms with Crippen LogP contribution in [0, 0.1) is 30.6 Å². The van der Waals surface area contributed by atoms with Crippen LogP contribution in [0.15, 0.2) is 35.7 Å². The number of carboxylic acid groups (broad SMARTS) is 1. The standard InChI is InChI=1S/C34H52N6O7S/c1-19(2)16-35-33(45)29(20(3)4)40-31(43)21(5)13-27(41)25(15-24-11-9-8-10-12-24)38-32(44)26(17-36-34(46)47)39-30(42)22(6)14-28-37-23(7)18-48-28/h8-12,18-22,25-27,29,36,41H,13-17H2,1-7H3,(H,35,45)(H,38,44)(H,39,42)(H,40,43)(H,46,47)/t21-,22+,25+,26+,27-,29+/m1/s1. The molecular formula is C34H52N6O7S. The smallest absolute Gasteiger partial charge is 0.404 e. The van der Waals surface area contributed by atoms with Crippen LogP contribution in [0.5, 0.6) is 0 Å². The van der Waals surface area contributed by atoms with Crippen molar-refractivity contribution in [1.82, 2.24) is 31.6 Å². The van der Waals surface area contributed by atoms with E-state index in [1.54, 1.807) is 13.8 Å². The fraction of sp³-hybridized carbons (Fsp3) is 0.588. The predicted octanol–water partition coefficient (Wildman–Crippen LogP) is 2.41. The number of carbonyl (C=O) groups excluding carboxylic acids is 4. The highest BCUT2D eigenvalue weighted by atomic mass is 32.1. The van der Waals surface area contributed by atoms with Crippen LogP contribution in [-0.2, 0) is 32.0 Å². The molecule has 0 spiro atoms. The Morgan fingerprint density at radius 2 is 1.44 bits per heavy atom. The molecule has 5 amide bonds. The number of rotatable bonds is 19. The van der Waals surface area contributed by atoms with Crippen LogP contribution in [0.3, 0.4) is 0 Å². The van der Waals surface area contributed by atoms with Gasteiger partial charge in [-0.2, -0.15) is 0 Å². The van der Waals surface area contributed by atoms with Crippen molar-refractivity contribution in [3.63, 3.8) is 0 Å². The maximum Gasteiger partial charge on any atom is 0.404 e. The molecule has 0 saturated heterocycles. The van der Waals surface area contributed by atoms with Gasteiger partial charge in [-0.3, -0.25) is 19.2 Å². The summed E-state index contributed by atoms with van der Waals surface area (Å²) in [5.74, 6) is -3.08. The molecule has 48 heavy (non-hydrogen) atoms. The topological polar surface area (TPSA) is 199 Å². The fourth-order valence-corrected chi connectivity index (χ4v) is 5.78. The number of aryl methyl sites for hydroxylation is 1. The number of benzene rings is 1. The Balaban J connectivity index is 2.19. The van der Waals surface area contributed by atoms with Crippen molar-refractivity contribution >= 4 is 41.1 Å². The van der Waals surface area contributed by atoms with Gasteiger partial charge in [0.15, 0.2) is 0 Å². The Morgan fingerprint density at radius 3 is 2.00 bits per heavy atom. The molecule has 0 unspecified atom stereocenters. The third kappa shape index (κ3) is 14.0. The van der Waals surface area contributed by atoms with Gasteiger partial charge in [0.2, 0.25) is 23.6 Å². The summed E-state index contributed by atoms with van der Waals surface area (Å²) >= 11 is 1.43. The minimum Gasteiger partial charge on any atom is -0.465 e. The average Bonchev–Trinajstić information content (AvgIpc) is 3.43. The van der Waals surface area contributed by atoms with Crippen LogP contribution in [0.25, 0.3) is 0 Å². The number of nitrogens with one attached hydrogen (secondary N) is 5. The molecule has 14 heteroatoms. The zero-order valence-electron chi connectivity index (χ0n) is 28.9. The number of amides is 5. The molecule has 0 aliphatic rings. The molecule has 0 aliphatic heterocycles. The van der Waals surface area contributed by atoms with Gasteiger partial charge < -0.3 is 36.8 Å². The number of aromatic nitrogens is 1. The van der Waals surface area contributed by atoms with Crippen LogP contribution in [0.1, 0.15) is 64.2 Å². The van der Waals surface area contributed by atoms with E-state index in [1.807, 2.05) is 70.3 Å². The molecule has 1 aromatic carbocycles. The summed E-state index contributed by atoms with van der Waals surface area (Å²) in [6.07, 6.45) is -2.08. The second-order valence-corrected chi connectivity index (χ2v) is 14.1. The van der Waals surface area contributed by atoms with Crippen molar-refractivity contribution in [2.24, 2.45) is 23.7 Å². The predicted molar refractivity (Wildman–Crippen MR) is 184 cm³/mol. The van der Waals surface area contributed by atoms with Crippen molar-refractivity contribution in [2.45, 2.75) is 92.0 Å². The summed E-state index contributed by atoms with van der Waals surface area (Å²) in [5, 5.41) is 36.5. The van der Waals surface area contributed by atoms with E-state index in [-0.39, 0.29) is 30.6 Å². The zero-order valence-corrected chi connectivity index (χ0v) is 29.7. The Hall–Kier alpha value is -4.04. The fourth-order valence-electron chi connectivity index (χ4n) is 4.88. The number of aliphatic hydroxyl groups excluding tert-OH is 1. The molecule has 1 heterocycles. The van der Waals surface area contributed by atoms with E-state index in [2.05, 4.69) is 31.6 Å². The lowest BCUT2D eigenvalue weighted by atomic mass is 9.92. The maximum absolute atomic E-state index is 13.6. The van der Waals surface area contributed by atoms with Gasteiger partial charge in [0, 0.05) is 35.9 Å². The van der Waals surface area contributed by atoms with E-state index in [0.717, 1.165) is 16.3 Å². The summed E-state index contributed by atoms with van der Waals surface area (Å²) in [6, 6.07) is 6.19. The van der Waals surface area contributed by atoms with Crippen molar-refractivity contribution in [2.75, 3.05) is 13.1 Å². The van der Waals surface area contributed by atoms with Crippen molar-refractivity contribution in [1.29, 1.82) is 0 Å². The summed E-state index contributed by atoms with van der Waals surface area (Å²) in [7, 11) is 0. The van der Waals surface area contributed by atoms with Gasteiger partial charge >= 0.3 is 6.09 Å². The number of hydrogen-bond donors (Lipinski definition) is 7. The lowest BCUT2D eigenvalue weighted by Crippen LogP contribution is -2.57. The van der Waals surface area contributed by atoms with E-state index in [1.165, 1.54) is 11.3 Å². The minimum atomic E-state index is -1.37. The molecule has 0 fully saturated rings. The molecule has 0 radical (unpaired) electrons. The first kappa shape index (κ1) is 40.1. The van der Waals surface area contributed by atoms with Crippen LogP contribution in [0.2, 0.25) is 0 Å². The van der Waals surface area contributed by atoms with Gasteiger partial charge in [0.25, 0.3) is 0 Å². The third-order valence-corrected chi connectivity index (χ3v) is 8.74. The first-order valence-electron chi connectivity index (χ1n) is 16.4. The molecule has 13 nitrogen and oxygen atoms in total. The Bertz CT molecular complexity index is 1350. The number of hydrogen-bond acceptors (Lipinski definition) is 8. The van der Waals surface area contributed by atoms with Crippen LogP contribution in [0.4, 0.5) is 4.79 Å². The second-order valence-electron chi connectivity index (χ2n) is 13.1. The molecule has 0 saturated carbocycles. The molecule has 1 aromatic heterocycles. The summed E-state index contributed by atoms with van der Waals surface area (Å²) in [4.78, 5) is 68.4. The molecule has 0 aliphatic carbocycles. The number of thiazole rings is 1. The second kappa shape index (κ2) is 19.7. The molecule has 2 aromatic rings. The third-order valence-electron chi connectivity index (χ3n) is 7.75. The van der Waals surface area contributed by atoms with Gasteiger partial charge in [-0.1, -0.05) is 71.9 Å². The molecular weight excluding hydrogens is 636 g/mol. The van der Waals surface area contributed by atoms with Gasteiger partial charge in [-0.05, 0) is 37.2 Å². The zero-order chi connectivity index (χ0) is 36.0. The highest BCUT2D eigenvalue weighted by Gasteiger charge is 2.32. The first-order chi connectivity index (χ1) is 22.6. The number of carbonyl (C=O) groups is 5. The van der Waals surface area contributed by atoms with Crippen LogP contribution < -0.4 is 26.6 Å². The van der Waals surface area contributed by atoms with Gasteiger partial charge in [0.05, 0.1) is 23.7 Å². The van der Waals surface area contributed by atoms with Gasteiger partial charge in [-0.25, -0.2) is 9.78 Å². The minimum absolute atomic E-state index is 0.0449. The van der Waals surface area contributed by atoms with E-state index in [0.29, 0.717) is 13.0 Å². The van der Waals surface area contributed by atoms with Gasteiger partial charge in [0.1, 0.15) is 12.1 Å². The van der Waals surface area contributed by atoms with Crippen LogP contribution >= 0.6 is 11.3 Å². The summed E-state index contributed by atoms with van der Waals surface area (Å²) in [5.41, 5.74) is 1.64. The Kier molecular flexibility index (Phi) is 16.5. The Labute approximate surface area is 287 Å². The van der Waals surface area contributed by atoms with E-state index in [4.69, 9.17) is 0 Å². The Morgan fingerprint density at radius 1 is 0.792 bits per heavy atom. The highest BCUT2D eigenvalue weighted by molar-refractivity contribution is 7.09. The van der Waals surface area contributed by atoms with E-state index >= 15 is 0 Å². The lowest BCUT2D eigenvalue weighted by Gasteiger charge is -2.29. The normalized spacial score (nSPS) is 15.0.